The van der Waals surface area contributed by atoms with E-state index < -0.39 is 0 Å². The second-order valence-corrected chi connectivity index (χ2v) is 4.45. The summed E-state index contributed by atoms with van der Waals surface area (Å²) in [6, 6.07) is 0. The first kappa shape index (κ1) is 10.3. The summed E-state index contributed by atoms with van der Waals surface area (Å²) in [6.07, 6.45) is 6.24. The Labute approximate surface area is 98.1 Å². The third-order valence-electron chi connectivity index (χ3n) is 3.52. The molecule has 2 aliphatic rings. The fourth-order valence-electron chi connectivity index (χ4n) is 2.71. The van der Waals surface area contributed by atoms with Gasteiger partial charge >= 0.3 is 0 Å². The van der Waals surface area contributed by atoms with Gasteiger partial charge in [0.25, 0.3) is 0 Å². The van der Waals surface area contributed by atoms with Crippen LogP contribution in [0.3, 0.4) is 0 Å². The van der Waals surface area contributed by atoms with Crippen LogP contribution >= 0.6 is 0 Å². The third-order valence-corrected chi connectivity index (χ3v) is 3.52. The van der Waals surface area contributed by atoms with E-state index in [0.29, 0.717) is 0 Å². The molecule has 2 fully saturated rings. The minimum absolute atomic E-state index is 0.147. The van der Waals surface area contributed by atoms with Crippen molar-refractivity contribution >= 4 is 17.8 Å². The number of fused-ring (bicyclic) bond motifs is 1. The molecule has 0 aromatic carbocycles. The van der Waals surface area contributed by atoms with Crippen molar-refractivity contribution in [1.82, 2.24) is 15.0 Å². The monoisotopic (exact) mass is 232 g/mol. The lowest BCUT2D eigenvalue weighted by atomic mass is 9.81. The number of amides is 2. The summed E-state index contributed by atoms with van der Waals surface area (Å²) in [4.78, 5) is 36.9. The molecule has 2 heterocycles. The zero-order chi connectivity index (χ0) is 11.8. The van der Waals surface area contributed by atoms with Crippen molar-refractivity contribution in [2.24, 2.45) is 11.8 Å². The fourth-order valence-corrected chi connectivity index (χ4v) is 2.71. The molecule has 0 spiro atoms. The summed E-state index contributed by atoms with van der Waals surface area (Å²) in [5, 5.41) is 0. The zero-order valence-electron chi connectivity index (χ0n) is 9.24. The van der Waals surface area contributed by atoms with Crippen LogP contribution in [0.2, 0.25) is 0 Å². The first-order valence-corrected chi connectivity index (χ1v) is 5.79. The van der Waals surface area contributed by atoms with Gasteiger partial charge in [-0.25, -0.2) is 19.9 Å². The lowest BCUT2D eigenvalue weighted by Gasteiger charge is -2.19. The van der Waals surface area contributed by atoms with Crippen LogP contribution in [-0.2, 0) is 9.59 Å². The number of nitrogens with zero attached hydrogens (tertiary/aromatic N) is 4. The summed E-state index contributed by atoms with van der Waals surface area (Å²) in [6.45, 7) is 0. The second-order valence-electron chi connectivity index (χ2n) is 4.45. The van der Waals surface area contributed by atoms with Crippen LogP contribution in [0.15, 0.2) is 12.7 Å². The largest absolute Gasteiger partial charge is 0.274 e. The minimum Gasteiger partial charge on any atom is -0.274 e. The normalized spacial score (nSPS) is 28.4. The standard InChI is InChI=1S/C11H12N4O2/c16-9-7-3-1-2-4-8(7)10(17)15(9)11-13-5-12-6-14-11/h5-8H,1-4H2. The number of carbonyl (C=O) groups excluding carboxylic acids is 2. The van der Waals surface area contributed by atoms with Gasteiger partial charge in [-0.2, -0.15) is 0 Å². The summed E-state index contributed by atoms with van der Waals surface area (Å²) < 4.78 is 0. The van der Waals surface area contributed by atoms with Crippen LogP contribution in [0.5, 0.6) is 0 Å². The number of hydrogen-bond donors (Lipinski definition) is 0. The van der Waals surface area contributed by atoms with Crippen molar-refractivity contribution in [1.29, 1.82) is 0 Å². The molecular weight excluding hydrogens is 220 g/mol. The fraction of sp³-hybridized carbons (Fsp3) is 0.545. The van der Waals surface area contributed by atoms with Crippen molar-refractivity contribution in [2.45, 2.75) is 25.7 Å². The maximum atomic E-state index is 12.2. The number of anilines is 1. The van der Waals surface area contributed by atoms with Gasteiger partial charge in [0.2, 0.25) is 17.8 Å². The average Bonchev–Trinajstić information content (AvgIpc) is 2.64. The molecule has 0 radical (unpaired) electrons. The molecule has 1 saturated carbocycles. The Bertz CT molecular complexity index is 438. The number of aromatic nitrogens is 3. The van der Waals surface area contributed by atoms with Gasteiger partial charge in [-0.3, -0.25) is 9.59 Å². The van der Waals surface area contributed by atoms with E-state index in [1.54, 1.807) is 0 Å². The van der Waals surface area contributed by atoms with E-state index in [9.17, 15) is 9.59 Å². The lowest BCUT2D eigenvalue weighted by molar-refractivity contribution is -0.122. The summed E-state index contributed by atoms with van der Waals surface area (Å²) >= 11 is 0. The Morgan fingerprint density at radius 2 is 1.53 bits per heavy atom. The average molecular weight is 232 g/mol. The van der Waals surface area contributed by atoms with Gasteiger partial charge in [-0.05, 0) is 12.8 Å². The highest BCUT2D eigenvalue weighted by atomic mass is 16.2. The number of rotatable bonds is 1. The SMILES string of the molecule is O=C1C2CCCCC2C(=O)N1c1ncncn1. The first-order valence-electron chi connectivity index (χ1n) is 5.79. The highest BCUT2D eigenvalue weighted by Gasteiger charge is 2.49. The minimum atomic E-state index is -0.159. The highest BCUT2D eigenvalue weighted by Crippen LogP contribution is 2.38. The van der Waals surface area contributed by atoms with E-state index >= 15 is 0 Å². The van der Waals surface area contributed by atoms with Crippen LogP contribution < -0.4 is 4.90 Å². The van der Waals surface area contributed by atoms with Gasteiger partial charge in [0.1, 0.15) is 12.7 Å². The van der Waals surface area contributed by atoms with E-state index in [1.807, 2.05) is 0 Å². The smallest absolute Gasteiger partial charge is 0.242 e. The molecule has 3 rings (SSSR count). The number of imide groups is 1. The maximum absolute atomic E-state index is 12.2. The Hall–Kier alpha value is -1.85. The molecule has 1 aromatic heterocycles. The lowest BCUT2D eigenvalue weighted by Crippen LogP contribution is -2.32. The van der Waals surface area contributed by atoms with Gasteiger partial charge in [-0.1, -0.05) is 12.8 Å². The van der Waals surface area contributed by atoms with Gasteiger partial charge in [-0.15, -0.1) is 0 Å². The summed E-state index contributed by atoms with van der Waals surface area (Å²) in [5.41, 5.74) is 0. The van der Waals surface area contributed by atoms with Crippen molar-refractivity contribution in [2.75, 3.05) is 4.90 Å². The molecule has 17 heavy (non-hydrogen) atoms. The van der Waals surface area contributed by atoms with Crippen molar-refractivity contribution in [3.63, 3.8) is 0 Å². The molecule has 0 N–H and O–H groups in total. The Balaban J connectivity index is 1.96. The predicted molar refractivity (Wildman–Crippen MR) is 57.8 cm³/mol. The Morgan fingerprint density at radius 3 is 2.06 bits per heavy atom. The van der Waals surface area contributed by atoms with Crippen LogP contribution in [0.1, 0.15) is 25.7 Å². The van der Waals surface area contributed by atoms with Crippen LogP contribution in [-0.4, -0.2) is 26.8 Å². The van der Waals surface area contributed by atoms with E-state index in [2.05, 4.69) is 15.0 Å². The van der Waals surface area contributed by atoms with E-state index in [1.165, 1.54) is 12.7 Å². The van der Waals surface area contributed by atoms with Crippen molar-refractivity contribution in [3.05, 3.63) is 12.7 Å². The first-order chi connectivity index (χ1) is 8.29. The molecule has 6 heteroatoms. The molecule has 0 bridgehead atoms. The molecule has 1 aromatic rings. The molecule has 1 aliphatic heterocycles. The Kier molecular flexibility index (Phi) is 2.35. The predicted octanol–water partition coefficient (Wildman–Crippen LogP) is 0.551. The van der Waals surface area contributed by atoms with Crippen molar-refractivity contribution < 1.29 is 9.59 Å². The molecule has 2 atom stereocenters. The third kappa shape index (κ3) is 1.51. The van der Waals surface area contributed by atoms with Gasteiger partial charge in [0, 0.05) is 0 Å². The number of hydrogen-bond acceptors (Lipinski definition) is 5. The zero-order valence-corrected chi connectivity index (χ0v) is 9.24. The van der Waals surface area contributed by atoms with E-state index in [-0.39, 0.29) is 29.6 Å². The molecule has 1 saturated heterocycles. The topological polar surface area (TPSA) is 76.1 Å². The molecule has 88 valence electrons. The molecular formula is C11H12N4O2. The Morgan fingerprint density at radius 1 is 1.00 bits per heavy atom. The van der Waals surface area contributed by atoms with Gasteiger partial charge in [0.15, 0.2) is 0 Å². The van der Waals surface area contributed by atoms with Gasteiger partial charge in [0.05, 0.1) is 11.8 Å². The molecule has 6 nitrogen and oxygen atoms in total. The molecule has 1 aliphatic carbocycles. The highest BCUT2D eigenvalue weighted by molar-refractivity contribution is 6.21. The summed E-state index contributed by atoms with van der Waals surface area (Å²) in [5.74, 6) is -0.456. The van der Waals surface area contributed by atoms with Crippen LogP contribution in [0.4, 0.5) is 5.95 Å². The van der Waals surface area contributed by atoms with E-state index in [4.69, 9.17) is 0 Å². The van der Waals surface area contributed by atoms with Crippen LogP contribution in [0, 0.1) is 11.8 Å². The van der Waals surface area contributed by atoms with Crippen LogP contribution in [0.25, 0.3) is 0 Å². The maximum Gasteiger partial charge on any atom is 0.242 e. The van der Waals surface area contributed by atoms with Gasteiger partial charge < -0.3 is 0 Å². The molecule has 2 unspecified atom stereocenters. The second kappa shape index (κ2) is 3.87. The van der Waals surface area contributed by atoms with E-state index in [0.717, 1.165) is 30.6 Å². The summed E-state index contributed by atoms with van der Waals surface area (Å²) in [7, 11) is 0. The molecule has 2 amide bonds. The van der Waals surface area contributed by atoms with Crippen molar-refractivity contribution in [3.8, 4) is 0 Å². The quantitative estimate of drug-likeness (QED) is 0.661. The number of carbonyl (C=O) groups is 2.